The van der Waals surface area contributed by atoms with Gasteiger partial charge >= 0.3 is 0 Å². The molecule has 3 aromatic heterocycles. The van der Waals surface area contributed by atoms with Crippen molar-refractivity contribution in [2.75, 3.05) is 17.6 Å². The van der Waals surface area contributed by atoms with Crippen LogP contribution < -0.4 is 16.5 Å². The molecule has 1 fully saturated rings. The van der Waals surface area contributed by atoms with Gasteiger partial charge in [-0.2, -0.15) is 0 Å². The van der Waals surface area contributed by atoms with Crippen LogP contribution in [0.5, 0.6) is 0 Å². The molecule has 169 valence electrons. The highest BCUT2D eigenvalue weighted by Crippen LogP contribution is 2.30. The van der Waals surface area contributed by atoms with Gasteiger partial charge in [0.2, 0.25) is 0 Å². The third kappa shape index (κ3) is 3.88. The van der Waals surface area contributed by atoms with E-state index in [0.717, 1.165) is 51.8 Å². The van der Waals surface area contributed by atoms with E-state index in [-0.39, 0.29) is 5.91 Å². The molecule has 0 atom stereocenters. The molecule has 0 bridgehead atoms. The quantitative estimate of drug-likeness (QED) is 0.354. The predicted molar refractivity (Wildman–Crippen MR) is 135 cm³/mol. The average molecular weight is 467 g/mol. The summed E-state index contributed by atoms with van der Waals surface area (Å²) in [7, 11) is -1.41. The van der Waals surface area contributed by atoms with Gasteiger partial charge in [-0.15, -0.1) is 0 Å². The lowest BCUT2D eigenvalue weighted by Crippen LogP contribution is -2.49. The van der Waals surface area contributed by atoms with Gasteiger partial charge in [-0.3, -0.25) is 4.79 Å². The highest BCUT2D eigenvalue weighted by atomic mass is 28.3. The summed E-state index contributed by atoms with van der Waals surface area (Å²) in [5.74, 6) is 6.49. The Balaban J connectivity index is 1.58. The number of aromatic nitrogens is 4. The Morgan fingerprint density at radius 2 is 2.09 bits per heavy atom. The maximum Gasteiger partial charge on any atom is 0.290 e. The molecule has 1 radical (unpaired) electrons. The van der Waals surface area contributed by atoms with Gasteiger partial charge in [-0.1, -0.05) is 18.1 Å². The Bertz CT molecular complexity index is 1440. The van der Waals surface area contributed by atoms with Gasteiger partial charge in [-0.25, -0.2) is 15.0 Å². The Morgan fingerprint density at radius 3 is 2.85 bits per heavy atom. The summed E-state index contributed by atoms with van der Waals surface area (Å²) in [5.41, 5.74) is 11.7. The second-order valence-corrected chi connectivity index (χ2v) is 10.4. The number of nitrogens with one attached hydrogen (secondary N) is 1. The fraction of sp³-hybridized carbons (Fsp3) is 0.200. The minimum absolute atomic E-state index is 0.130. The van der Waals surface area contributed by atoms with Crippen LogP contribution in [-0.2, 0) is 4.79 Å². The van der Waals surface area contributed by atoms with Crippen LogP contribution in [0.1, 0.15) is 18.9 Å². The number of nitrogen functional groups attached to an aromatic ring is 1. The standard InChI is InChI=1S/C25H24N7OSi/c1-3-7-21(33)32-13-6-15-34(32)25-30-22(23-24(26)28-12-14-31(23)25)18-9-10-19(17(2)16-18)29-20-8-4-5-11-27-20/h4-5,8-12,14,16H,6,13,15H2,1-2H3,(H2,26,28)(H,27,29). The molecule has 5 rings (SSSR count). The summed E-state index contributed by atoms with van der Waals surface area (Å²) in [6.45, 7) is 4.44. The van der Waals surface area contributed by atoms with Crippen LogP contribution in [0.2, 0.25) is 6.04 Å². The van der Waals surface area contributed by atoms with E-state index in [2.05, 4.69) is 33.2 Å². The van der Waals surface area contributed by atoms with Crippen LogP contribution in [0, 0.1) is 18.8 Å². The number of fused-ring (bicyclic) bond motifs is 1. The first-order valence-corrected chi connectivity index (χ1v) is 12.7. The monoisotopic (exact) mass is 466 g/mol. The van der Waals surface area contributed by atoms with Crippen molar-refractivity contribution >= 4 is 43.2 Å². The largest absolute Gasteiger partial charge is 0.382 e. The van der Waals surface area contributed by atoms with Crippen molar-refractivity contribution in [3.8, 4) is 23.1 Å². The molecule has 1 aromatic carbocycles. The summed E-state index contributed by atoms with van der Waals surface area (Å²) in [6, 6.07) is 12.8. The lowest BCUT2D eigenvalue weighted by atomic mass is 10.1. The zero-order chi connectivity index (χ0) is 23.7. The summed E-state index contributed by atoms with van der Waals surface area (Å²) in [5, 5.41) is 3.35. The Hall–Kier alpha value is -4.16. The minimum atomic E-state index is -1.41. The Morgan fingerprint density at radius 1 is 1.21 bits per heavy atom. The van der Waals surface area contributed by atoms with Gasteiger partial charge < -0.3 is 20.0 Å². The minimum Gasteiger partial charge on any atom is -0.382 e. The van der Waals surface area contributed by atoms with Crippen LogP contribution >= 0.6 is 0 Å². The molecule has 1 aliphatic rings. The molecule has 8 nitrogen and oxygen atoms in total. The summed E-state index contributed by atoms with van der Waals surface area (Å²) in [6.07, 6.45) is 6.26. The molecular weight excluding hydrogens is 442 g/mol. The first-order valence-electron chi connectivity index (χ1n) is 11.1. The molecule has 3 N–H and O–H groups in total. The molecule has 1 saturated heterocycles. The first-order chi connectivity index (χ1) is 16.6. The summed E-state index contributed by atoms with van der Waals surface area (Å²) < 4.78 is 3.91. The average Bonchev–Trinajstić information content (AvgIpc) is 3.47. The number of carbonyl (C=O) groups excluding carboxylic acids is 1. The van der Waals surface area contributed by atoms with Crippen LogP contribution in [0.3, 0.4) is 0 Å². The maximum atomic E-state index is 12.6. The topological polar surface area (TPSA) is 101 Å². The van der Waals surface area contributed by atoms with E-state index in [1.54, 1.807) is 19.3 Å². The van der Waals surface area contributed by atoms with E-state index in [1.807, 2.05) is 52.4 Å². The molecule has 4 aromatic rings. The van der Waals surface area contributed by atoms with Crippen molar-refractivity contribution in [2.24, 2.45) is 0 Å². The van der Waals surface area contributed by atoms with Crippen molar-refractivity contribution in [3.05, 3.63) is 60.6 Å². The number of hydrogen-bond donors (Lipinski definition) is 2. The second-order valence-electron chi connectivity index (χ2n) is 8.07. The fourth-order valence-corrected chi connectivity index (χ4v) is 6.96. The molecule has 34 heavy (non-hydrogen) atoms. The molecular formula is C25H24N7OSi. The van der Waals surface area contributed by atoms with Crippen molar-refractivity contribution in [1.29, 1.82) is 0 Å². The first kappa shape index (κ1) is 21.7. The molecule has 0 saturated carbocycles. The zero-order valence-corrected chi connectivity index (χ0v) is 20.0. The Labute approximate surface area is 199 Å². The van der Waals surface area contributed by atoms with Crippen LogP contribution in [0.25, 0.3) is 16.8 Å². The number of imidazole rings is 1. The highest BCUT2D eigenvalue weighted by molar-refractivity contribution is 6.72. The van der Waals surface area contributed by atoms with Crippen molar-refractivity contribution in [3.63, 3.8) is 0 Å². The van der Waals surface area contributed by atoms with Crippen molar-refractivity contribution in [2.45, 2.75) is 26.3 Å². The van der Waals surface area contributed by atoms with E-state index in [9.17, 15) is 4.79 Å². The molecule has 0 spiro atoms. The number of pyridine rings is 1. The molecule has 0 unspecified atom stereocenters. The maximum absolute atomic E-state index is 12.6. The van der Waals surface area contributed by atoms with Gasteiger partial charge in [0.25, 0.3) is 14.9 Å². The predicted octanol–water partition coefficient (Wildman–Crippen LogP) is 2.88. The molecule has 1 amide bonds. The number of rotatable bonds is 4. The van der Waals surface area contributed by atoms with E-state index >= 15 is 0 Å². The van der Waals surface area contributed by atoms with E-state index < -0.39 is 8.96 Å². The third-order valence-electron chi connectivity index (χ3n) is 5.87. The van der Waals surface area contributed by atoms with Crippen LogP contribution in [0.15, 0.2) is 55.0 Å². The van der Waals surface area contributed by atoms with Crippen LogP contribution in [-0.4, -0.2) is 45.3 Å². The van der Waals surface area contributed by atoms with Crippen LogP contribution in [0.4, 0.5) is 17.3 Å². The summed E-state index contributed by atoms with van der Waals surface area (Å²) in [4.78, 5) is 26.4. The molecule has 0 aliphatic carbocycles. The highest BCUT2D eigenvalue weighted by Gasteiger charge is 2.36. The van der Waals surface area contributed by atoms with Gasteiger partial charge in [0, 0.05) is 36.4 Å². The second kappa shape index (κ2) is 9.00. The normalized spacial score (nSPS) is 13.6. The number of aryl methyl sites for hydroxylation is 1. The number of hydrogen-bond acceptors (Lipinski definition) is 6. The van der Waals surface area contributed by atoms with E-state index in [0.29, 0.717) is 12.4 Å². The van der Waals surface area contributed by atoms with Gasteiger partial charge in [0.1, 0.15) is 22.6 Å². The van der Waals surface area contributed by atoms with Crippen molar-refractivity contribution < 1.29 is 4.79 Å². The zero-order valence-electron chi connectivity index (χ0n) is 19.0. The Kier molecular flexibility index (Phi) is 5.73. The number of nitrogens with two attached hydrogens (primary N) is 1. The van der Waals surface area contributed by atoms with Gasteiger partial charge in [-0.05, 0) is 62.1 Å². The lowest BCUT2D eigenvalue weighted by molar-refractivity contribution is -0.120. The SMILES string of the molecule is CC#CC(=O)N1CCC[Si]1c1nc(-c2ccc(Nc3ccccn3)c(C)c2)c2c(N)nccn12. The number of carbonyl (C=O) groups is 1. The number of anilines is 3. The van der Waals surface area contributed by atoms with E-state index in [4.69, 9.17) is 10.7 Å². The molecule has 1 aliphatic heterocycles. The number of nitrogens with zero attached hydrogens (tertiary/aromatic N) is 5. The van der Waals surface area contributed by atoms with Gasteiger partial charge in [0.05, 0.1) is 5.69 Å². The summed E-state index contributed by atoms with van der Waals surface area (Å²) >= 11 is 0. The lowest BCUT2D eigenvalue weighted by Gasteiger charge is -2.19. The van der Waals surface area contributed by atoms with Crippen molar-refractivity contribution in [1.82, 2.24) is 23.9 Å². The number of amides is 1. The molecule has 4 heterocycles. The number of benzene rings is 1. The molecule has 9 heteroatoms. The van der Waals surface area contributed by atoms with E-state index in [1.165, 1.54) is 0 Å². The fourth-order valence-electron chi connectivity index (χ4n) is 4.30. The smallest absolute Gasteiger partial charge is 0.290 e. The third-order valence-corrected chi connectivity index (χ3v) is 8.64. The van der Waals surface area contributed by atoms with Gasteiger partial charge in [0.15, 0.2) is 0 Å².